The lowest BCUT2D eigenvalue weighted by molar-refractivity contribution is -0.141. The van der Waals surface area contributed by atoms with E-state index in [0.717, 1.165) is 6.07 Å². The maximum absolute atomic E-state index is 12.6. The van der Waals surface area contributed by atoms with E-state index in [0.29, 0.717) is 11.4 Å². The summed E-state index contributed by atoms with van der Waals surface area (Å²) >= 11 is 0. The molecule has 0 spiro atoms. The van der Waals surface area contributed by atoms with Crippen molar-refractivity contribution in [2.75, 3.05) is 11.9 Å². The van der Waals surface area contributed by atoms with Crippen LogP contribution in [0.2, 0.25) is 0 Å². The van der Waals surface area contributed by atoms with Gasteiger partial charge in [-0.25, -0.2) is 4.98 Å². The van der Waals surface area contributed by atoms with E-state index in [1.54, 1.807) is 19.1 Å². The zero-order valence-corrected chi connectivity index (χ0v) is 12.8. The van der Waals surface area contributed by atoms with Crippen molar-refractivity contribution in [3.8, 4) is 11.6 Å². The average Bonchev–Trinajstić information content (AvgIpc) is 2.55. The third kappa shape index (κ3) is 4.69. The number of pyridine rings is 1. The molecule has 1 atom stereocenters. The van der Waals surface area contributed by atoms with Crippen LogP contribution in [-0.4, -0.2) is 17.4 Å². The molecule has 0 aliphatic rings. The maximum atomic E-state index is 12.6. The topological polar surface area (TPSA) is 77.2 Å². The number of carbonyl (C=O) groups excluding carboxylic acids is 1. The third-order valence-electron chi connectivity index (χ3n) is 3.16. The van der Waals surface area contributed by atoms with Crippen LogP contribution in [0.5, 0.6) is 11.6 Å². The molecule has 128 valence electrons. The van der Waals surface area contributed by atoms with Gasteiger partial charge in [-0.05, 0) is 30.3 Å². The highest BCUT2D eigenvalue weighted by Gasteiger charge is 2.32. The lowest BCUT2D eigenvalue weighted by Crippen LogP contribution is -2.26. The number of amides is 1. The summed E-state index contributed by atoms with van der Waals surface area (Å²) in [5.41, 5.74) is 4.92. The summed E-state index contributed by atoms with van der Waals surface area (Å²) in [6, 6.07) is 9.59. The predicted molar refractivity (Wildman–Crippen MR) is 82.6 cm³/mol. The second-order valence-corrected chi connectivity index (χ2v) is 5.11. The van der Waals surface area contributed by atoms with Gasteiger partial charge in [0.25, 0.3) is 0 Å². The van der Waals surface area contributed by atoms with Crippen LogP contribution in [0.3, 0.4) is 0 Å². The van der Waals surface area contributed by atoms with Gasteiger partial charge < -0.3 is 15.8 Å². The lowest BCUT2D eigenvalue weighted by Gasteiger charge is -2.11. The van der Waals surface area contributed by atoms with Gasteiger partial charge in [0.05, 0.1) is 0 Å². The molecule has 24 heavy (non-hydrogen) atoms. The standard InChI is InChI=1S/C16H16F3N3O2/c1-10(9-20)15(23)21-11-5-7-12(8-6-11)24-14-4-2-3-13(22-14)16(17,18)19/h2-8,10H,9,20H2,1H3,(H,21,23). The van der Waals surface area contributed by atoms with Gasteiger partial charge in [0.15, 0.2) is 0 Å². The molecule has 5 nitrogen and oxygen atoms in total. The Morgan fingerprint density at radius 3 is 2.50 bits per heavy atom. The Bertz CT molecular complexity index is 702. The number of nitrogens with two attached hydrogens (primary N) is 1. The highest BCUT2D eigenvalue weighted by Crippen LogP contribution is 2.30. The van der Waals surface area contributed by atoms with Crippen molar-refractivity contribution in [2.45, 2.75) is 13.1 Å². The summed E-state index contributed by atoms with van der Waals surface area (Å²) in [6.45, 7) is 1.93. The quantitative estimate of drug-likeness (QED) is 0.875. The number of rotatable bonds is 5. The van der Waals surface area contributed by atoms with Crippen LogP contribution in [0.15, 0.2) is 42.5 Å². The molecule has 3 N–H and O–H groups in total. The zero-order valence-electron chi connectivity index (χ0n) is 12.8. The van der Waals surface area contributed by atoms with Gasteiger partial charge in [0, 0.05) is 24.2 Å². The Kier molecular flexibility index (Phi) is 5.40. The SMILES string of the molecule is CC(CN)C(=O)Nc1ccc(Oc2cccc(C(F)(F)F)n2)cc1. The summed E-state index contributed by atoms with van der Waals surface area (Å²) in [6.07, 6.45) is -4.53. The lowest BCUT2D eigenvalue weighted by atomic mass is 10.1. The number of nitrogens with zero attached hydrogens (tertiary/aromatic N) is 1. The molecular formula is C16H16F3N3O2. The van der Waals surface area contributed by atoms with E-state index in [4.69, 9.17) is 10.5 Å². The van der Waals surface area contributed by atoms with Gasteiger partial charge in [-0.3, -0.25) is 4.79 Å². The molecule has 0 saturated carbocycles. The Hall–Kier alpha value is -2.61. The molecule has 1 aromatic heterocycles. The maximum Gasteiger partial charge on any atom is 0.433 e. The molecule has 0 saturated heterocycles. The summed E-state index contributed by atoms with van der Waals surface area (Å²) in [4.78, 5) is 15.1. The molecule has 1 amide bonds. The van der Waals surface area contributed by atoms with Crippen LogP contribution in [-0.2, 0) is 11.0 Å². The van der Waals surface area contributed by atoms with Crippen molar-refractivity contribution in [3.05, 3.63) is 48.2 Å². The van der Waals surface area contributed by atoms with Gasteiger partial charge in [0.2, 0.25) is 11.8 Å². The minimum atomic E-state index is -4.53. The van der Waals surface area contributed by atoms with Crippen molar-refractivity contribution >= 4 is 11.6 Å². The second kappa shape index (κ2) is 7.31. The normalized spacial score (nSPS) is 12.5. The number of halogens is 3. The van der Waals surface area contributed by atoms with Crippen LogP contribution in [0, 0.1) is 5.92 Å². The summed E-state index contributed by atoms with van der Waals surface area (Å²) in [5, 5.41) is 2.67. The molecule has 0 aliphatic heterocycles. The van der Waals surface area contributed by atoms with E-state index >= 15 is 0 Å². The minimum absolute atomic E-state index is 0.168. The average molecular weight is 339 g/mol. The van der Waals surface area contributed by atoms with E-state index in [1.165, 1.54) is 24.3 Å². The van der Waals surface area contributed by atoms with Gasteiger partial charge in [-0.15, -0.1) is 0 Å². The molecule has 1 heterocycles. The minimum Gasteiger partial charge on any atom is -0.439 e. The van der Waals surface area contributed by atoms with Crippen LogP contribution in [0.1, 0.15) is 12.6 Å². The molecule has 1 unspecified atom stereocenters. The molecule has 0 aliphatic carbocycles. The Morgan fingerprint density at radius 2 is 1.92 bits per heavy atom. The monoisotopic (exact) mass is 339 g/mol. The van der Waals surface area contributed by atoms with Gasteiger partial charge >= 0.3 is 6.18 Å². The van der Waals surface area contributed by atoms with E-state index in [9.17, 15) is 18.0 Å². The fraction of sp³-hybridized carbons (Fsp3) is 0.250. The molecule has 1 aromatic carbocycles. The first-order valence-electron chi connectivity index (χ1n) is 7.12. The number of alkyl halides is 3. The van der Waals surface area contributed by atoms with Crippen LogP contribution >= 0.6 is 0 Å². The van der Waals surface area contributed by atoms with Crippen molar-refractivity contribution < 1.29 is 22.7 Å². The molecule has 2 rings (SSSR count). The highest BCUT2D eigenvalue weighted by molar-refractivity contribution is 5.92. The van der Waals surface area contributed by atoms with Crippen LogP contribution in [0.25, 0.3) is 0 Å². The Labute approximate surface area is 136 Å². The summed E-state index contributed by atoms with van der Waals surface area (Å²) in [5.74, 6) is -0.411. The number of carbonyl (C=O) groups is 1. The molecule has 8 heteroatoms. The summed E-state index contributed by atoms with van der Waals surface area (Å²) in [7, 11) is 0. The molecule has 0 radical (unpaired) electrons. The molecule has 0 bridgehead atoms. The predicted octanol–water partition coefficient (Wildman–Crippen LogP) is 3.43. The Balaban J connectivity index is 2.06. The van der Waals surface area contributed by atoms with E-state index < -0.39 is 11.9 Å². The number of ether oxygens (including phenoxy) is 1. The van der Waals surface area contributed by atoms with Crippen LogP contribution in [0.4, 0.5) is 18.9 Å². The number of aromatic nitrogens is 1. The fourth-order valence-electron chi connectivity index (χ4n) is 1.73. The first kappa shape index (κ1) is 17.7. The van der Waals surface area contributed by atoms with Crippen molar-refractivity contribution in [3.63, 3.8) is 0 Å². The smallest absolute Gasteiger partial charge is 0.433 e. The van der Waals surface area contributed by atoms with Crippen molar-refractivity contribution in [2.24, 2.45) is 11.7 Å². The fourth-order valence-corrected chi connectivity index (χ4v) is 1.73. The summed E-state index contributed by atoms with van der Waals surface area (Å²) < 4.78 is 43.1. The third-order valence-corrected chi connectivity index (χ3v) is 3.16. The molecular weight excluding hydrogens is 323 g/mol. The first-order chi connectivity index (χ1) is 11.3. The van der Waals surface area contributed by atoms with E-state index in [1.807, 2.05) is 0 Å². The number of nitrogens with one attached hydrogen (secondary N) is 1. The number of benzene rings is 1. The zero-order chi connectivity index (χ0) is 17.7. The Morgan fingerprint density at radius 1 is 1.25 bits per heavy atom. The second-order valence-electron chi connectivity index (χ2n) is 5.11. The van der Waals surface area contributed by atoms with E-state index in [2.05, 4.69) is 10.3 Å². The first-order valence-corrected chi connectivity index (χ1v) is 7.12. The van der Waals surface area contributed by atoms with Gasteiger partial charge in [0.1, 0.15) is 11.4 Å². The van der Waals surface area contributed by atoms with Gasteiger partial charge in [-0.1, -0.05) is 13.0 Å². The number of anilines is 1. The number of hydrogen-bond acceptors (Lipinski definition) is 4. The van der Waals surface area contributed by atoms with Gasteiger partial charge in [-0.2, -0.15) is 13.2 Å². The number of hydrogen-bond donors (Lipinski definition) is 2. The largest absolute Gasteiger partial charge is 0.439 e. The van der Waals surface area contributed by atoms with Crippen LogP contribution < -0.4 is 15.8 Å². The van der Waals surface area contributed by atoms with Crippen molar-refractivity contribution in [1.29, 1.82) is 0 Å². The molecule has 0 fully saturated rings. The molecule has 2 aromatic rings. The van der Waals surface area contributed by atoms with E-state index in [-0.39, 0.29) is 24.2 Å². The highest BCUT2D eigenvalue weighted by atomic mass is 19.4. The van der Waals surface area contributed by atoms with Crippen molar-refractivity contribution in [1.82, 2.24) is 4.98 Å².